The van der Waals surface area contributed by atoms with E-state index in [1.165, 1.54) is 18.4 Å². The third kappa shape index (κ3) is 2.03. The standard InChI is InChI=1S/C12H15N3O2/c1-2-17-11(16)10-7-15-6-9(8-3-4-8)5-13-12(15)14-10/h5-8,11,16H,2-4H2,1H3. The normalized spacial score (nSPS) is 17.5. The molecular formula is C12H15N3O2. The van der Waals surface area contributed by atoms with E-state index in [0.717, 1.165) is 0 Å². The van der Waals surface area contributed by atoms with Gasteiger partial charge in [-0.1, -0.05) is 0 Å². The van der Waals surface area contributed by atoms with E-state index in [2.05, 4.69) is 9.97 Å². The average molecular weight is 233 g/mol. The zero-order valence-corrected chi connectivity index (χ0v) is 9.71. The van der Waals surface area contributed by atoms with Crippen molar-refractivity contribution in [3.8, 4) is 0 Å². The Bertz CT molecular complexity index is 534. The molecule has 1 aliphatic rings. The van der Waals surface area contributed by atoms with E-state index in [4.69, 9.17) is 4.74 Å². The molecule has 1 fully saturated rings. The highest BCUT2D eigenvalue weighted by molar-refractivity contribution is 5.33. The first-order valence-electron chi connectivity index (χ1n) is 5.92. The lowest BCUT2D eigenvalue weighted by atomic mass is 10.2. The largest absolute Gasteiger partial charge is 0.363 e. The van der Waals surface area contributed by atoms with Gasteiger partial charge in [-0.2, -0.15) is 0 Å². The summed E-state index contributed by atoms with van der Waals surface area (Å²) in [6.07, 6.45) is 7.21. The minimum Gasteiger partial charge on any atom is -0.363 e. The summed E-state index contributed by atoms with van der Waals surface area (Å²) in [4.78, 5) is 8.52. The van der Waals surface area contributed by atoms with Gasteiger partial charge in [0, 0.05) is 25.2 Å². The Kier molecular flexibility index (Phi) is 2.57. The molecule has 0 bridgehead atoms. The maximum Gasteiger partial charge on any atom is 0.234 e. The molecule has 0 amide bonds. The number of ether oxygens (including phenoxy) is 1. The van der Waals surface area contributed by atoms with Gasteiger partial charge in [-0.3, -0.25) is 4.40 Å². The van der Waals surface area contributed by atoms with Gasteiger partial charge in [-0.25, -0.2) is 9.97 Å². The Hall–Kier alpha value is -1.46. The molecule has 2 aromatic heterocycles. The summed E-state index contributed by atoms with van der Waals surface area (Å²) in [5.41, 5.74) is 1.75. The molecule has 1 aliphatic carbocycles. The highest BCUT2D eigenvalue weighted by Gasteiger charge is 2.24. The highest BCUT2D eigenvalue weighted by Crippen LogP contribution is 2.39. The van der Waals surface area contributed by atoms with Gasteiger partial charge in [-0.05, 0) is 31.2 Å². The molecule has 0 aromatic carbocycles. The lowest BCUT2D eigenvalue weighted by Gasteiger charge is -2.05. The third-order valence-corrected chi connectivity index (χ3v) is 2.97. The second kappa shape index (κ2) is 4.09. The molecule has 1 saturated carbocycles. The van der Waals surface area contributed by atoms with Crippen molar-refractivity contribution in [3.63, 3.8) is 0 Å². The Morgan fingerprint density at radius 3 is 3.06 bits per heavy atom. The lowest BCUT2D eigenvalue weighted by Crippen LogP contribution is -2.02. The lowest BCUT2D eigenvalue weighted by molar-refractivity contribution is -0.100. The van der Waals surface area contributed by atoms with Crippen molar-refractivity contribution in [2.24, 2.45) is 0 Å². The zero-order chi connectivity index (χ0) is 11.8. The van der Waals surface area contributed by atoms with E-state index in [-0.39, 0.29) is 0 Å². The second-order valence-corrected chi connectivity index (χ2v) is 4.34. The molecule has 2 heterocycles. The van der Waals surface area contributed by atoms with Crippen LogP contribution in [0.5, 0.6) is 0 Å². The van der Waals surface area contributed by atoms with Gasteiger partial charge in [0.05, 0.1) is 0 Å². The number of aliphatic hydroxyl groups is 1. The van der Waals surface area contributed by atoms with E-state index in [1.54, 1.807) is 6.20 Å². The van der Waals surface area contributed by atoms with Crippen LogP contribution >= 0.6 is 0 Å². The maximum atomic E-state index is 9.69. The average Bonchev–Trinajstić information content (AvgIpc) is 3.08. The van der Waals surface area contributed by atoms with Crippen molar-refractivity contribution in [2.45, 2.75) is 32.0 Å². The van der Waals surface area contributed by atoms with E-state index in [1.807, 2.05) is 23.7 Å². The van der Waals surface area contributed by atoms with E-state index in [0.29, 0.717) is 24.0 Å². The summed E-state index contributed by atoms with van der Waals surface area (Å²) < 4.78 is 6.95. The number of aromatic nitrogens is 3. The number of imidazole rings is 1. The first-order chi connectivity index (χ1) is 8.28. The van der Waals surface area contributed by atoms with Crippen LogP contribution in [0.15, 0.2) is 18.6 Å². The maximum absolute atomic E-state index is 9.69. The van der Waals surface area contributed by atoms with Crippen LogP contribution in [0, 0.1) is 0 Å². The van der Waals surface area contributed by atoms with Crippen LogP contribution in [0.2, 0.25) is 0 Å². The molecule has 5 nitrogen and oxygen atoms in total. The predicted octanol–water partition coefficient (Wildman–Crippen LogP) is 1.63. The SMILES string of the molecule is CCOC(O)c1cn2cc(C3CC3)cnc2n1. The Balaban J connectivity index is 1.94. The van der Waals surface area contributed by atoms with Gasteiger partial charge in [0.15, 0.2) is 6.29 Å². The molecule has 17 heavy (non-hydrogen) atoms. The van der Waals surface area contributed by atoms with Gasteiger partial charge in [0.25, 0.3) is 0 Å². The molecule has 2 aromatic rings. The summed E-state index contributed by atoms with van der Waals surface area (Å²) >= 11 is 0. The predicted molar refractivity (Wildman–Crippen MR) is 61.5 cm³/mol. The van der Waals surface area contributed by atoms with Crippen LogP contribution in [-0.2, 0) is 4.74 Å². The Labute approximate surface area is 99.1 Å². The number of nitrogens with zero attached hydrogens (tertiary/aromatic N) is 3. The monoisotopic (exact) mass is 233 g/mol. The topological polar surface area (TPSA) is 59.7 Å². The van der Waals surface area contributed by atoms with Crippen molar-refractivity contribution in [1.82, 2.24) is 14.4 Å². The van der Waals surface area contributed by atoms with Crippen LogP contribution in [0.3, 0.4) is 0 Å². The van der Waals surface area contributed by atoms with Gasteiger partial charge >= 0.3 is 0 Å². The zero-order valence-electron chi connectivity index (χ0n) is 9.71. The number of fused-ring (bicyclic) bond motifs is 1. The minimum absolute atomic E-state index is 0.454. The van der Waals surface area contributed by atoms with Crippen molar-refractivity contribution in [2.75, 3.05) is 6.61 Å². The Morgan fingerprint density at radius 2 is 2.35 bits per heavy atom. The summed E-state index contributed by atoms with van der Waals surface area (Å²) in [5, 5.41) is 9.69. The summed E-state index contributed by atoms with van der Waals surface area (Å²) in [6.45, 7) is 2.29. The summed E-state index contributed by atoms with van der Waals surface area (Å²) in [7, 11) is 0. The quantitative estimate of drug-likeness (QED) is 0.815. The number of aliphatic hydroxyl groups excluding tert-OH is 1. The van der Waals surface area contributed by atoms with Gasteiger partial charge < -0.3 is 9.84 Å². The first-order valence-corrected chi connectivity index (χ1v) is 5.92. The molecule has 90 valence electrons. The molecule has 0 saturated heterocycles. The molecule has 3 rings (SSSR count). The van der Waals surface area contributed by atoms with Gasteiger partial charge in [-0.15, -0.1) is 0 Å². The van der Waals surface area contributed by atoms with Crippen LogP contribution in [0.4, 0.5) is 0 Å². The van der Waals surface area contributed by atoms with E-state index < -0.39 is 6.29 Å². The first kappa shape index (κ1) is 10.7. The van der Waals surface area contributed by atoms with Crippen molar-refractivity contribution in [3.05, 3.63) is 29.8 Å². The van der Waals surface area contributed by atoms with Crippen LogP contribution in [-0.4, -0.2) is 26.1 Å². The van der Waals surface area contributed by atoms with Crippen LogP contribution in [0.1, 0.15) is 43.2 Å². The third-order valence-electron chi connectivity index (χ3n) is 2.97. The van der Waals surface area contributed by atoms with Crippen molar-refractivity contribution in [1.29, 1.82) is 0 Å². The highest BCUT2D eigenvalue weighted by atomic mass is 16.6. The molecule has 1 atom stereocenters. The van der Waals surface area contributed by atoms with Crippen molar-refractivity contribution >= 4 is 5.78 Å². The molecule has 5 heteroatoms. The van der Waals surface area contributed by atoms with E-state index >= 15 is 0 Å². The van der Waals surface area contributed by atoms with Gasteiger partial charge in [0.1, 0.15) is 5.69 Å². The van der Waals surface area contributed by atoms with Crippen LogP contribution in [0.25, 0.3) is 5.78 Å². The smallest absolute Gasteiger partial charge is 0.234 e. The number of hydrogen-bond acceptors (Lipinski definition) is 4. The number of hydrogen-bond donors (Lipinski definition) is 1. The minimum atomic E-state index is -0.967. The molecular weight excluding hydrogens is 218 g/mol. The second-order valence-electron chi connectivity index (χ2n) is 4.34. The fourth-order valence-electron chi connectivity index (χ4n) is 1.91. The number of rotatable bonds is 4. The van der Waals surface area contributed by atoms with E-state index in [9.17, 15) is 5.11 Å². The molecule has 0 radical (unpaired) electrons. The summed E-state index contributed by atoms with van der Waals surface area (Å²) in [5.74, 6) is 1.26. The molecule has 1 unspecified atom stereocenters. The summed E-state index contributed by atoms with van der Waals surface area (Å²) in [6, 6.07) is 0. The fourth-order valence-corrected chi connectivity index (χ4v) is 1.91. The molecule has 0 spiro atoms. The fraction of sp³-hybridized carbons (Fsp3) is 0.500. The molecule has 1 N–H and O–H groups in total. The van der Waals surface area contributed by atoms with Crippen LogP contribution < -0.4 is 0 Å². The van der Waals surface area contributed by atoms with Gasteiger partial charge in [0.2, 0.25) is 5.78 Å². The van der Waals surface area contributed by atoms with Crippen molar-refractivity contribution < 1.29 is 9.84 Å². The Morgan fingerprint density at radius 1 is 1.53 bits per heavy atom. The molecule has 0 aliphatic heterocycles.